The van der Waals surface area contributed by atoms with Crippen LogP contribution in [0.4, 0.5) is 0 Å². The van der Waals surface area contributed by atoms with E-state index >= 15 is 0 Å². The van der Waals surface area contributed by atoms with Crippen molar-refractivity contribution in [2.45, 2.75) is 12.8 Å². The van der Waals surface area contributed by atoms with Crippen LogP contribution in [0.5, 0.6) is 0 Å². The molecule has 0 aromatic rings. The second-order valence-corrected chi connectivity index (χ2v) is 2.74. The number of carboxylic acid groups (broad SMARTS) is 1. The predicted molar refractivity (Wildman–Crippen MR) is 48.2 cm³/mol. The van der Waals surface area contributed by atoms with Gasteiger partial charge in [-0.25, -0.2) is 4.79 Å². The quantitative estimate of drug-likeness (QED) is 0.638. The van der Waals surface area contributed by atoms with Crippen molar-refractivity contribution in [3.05, 3.63) is 23.8 Å². The normalized spacial score (nSPS) is 14.7. The van der Waals surface area contributed by atoms with Crippen molar-refractivity contribution in [1.82, 2.24) is 5.48 Å². The van der Waals surface area contributed by atoms with Crippen molar-refractivity contribution in [1.29, 1.82) is 0 Å². The first kappa shape index (κ1) is 10.5. The van der Waals surface area contributed by atoms with Crippen LogP contribution >= 0.6 is 0 Å². The Labute approximate surface area is 81.0 Å². The third-order valence-corrected chi connectivity index (χ3v) is 1.62. The SMILES string of the molecule is O=C(O)CNOC(=O)C1=CCCC=C1. The first-order chi connectivity index (χ1) is 6.70. The molecule has 76 valence electrons. The summed E-state index contributed by atoms with van der Waals surface area (Å²) in [6.07, 6.45) is 7.01. The molecule has 1 rings (SSSR count). The molecule has 0 aromatic carbocycles. The Morgan fingerprint density at radius 2 is 2.29 bits per heavy atom. The highest BCUT2D eigenvalue weighted by atomic mass is 16.7. The van der Waals surface area contributed by atoms with E-state index in [1.807, 2.05) is 6.08 Å². The Morgan fingerprint density at radius 1 is 1.50 bits per heavy atom. The number of carboxylic acids is 1. The zero-order valence-corrected chi connectivity index (χ0v) is 7.53. The molecule has 0 heterocycles. The molecule has 0 atom stereocenters. The van der Waals surface area contributed by atoms with Crippen LogP contribution in [0.2, 0.25) is 0 Å². The average molecular weight is 197 g/mol. The lowest BCUT2D eigenvalue weighted by atomic mass is 10.1. The molecule has 0 fully saturated rings. The number of hydroxylamine groups is 1. The van der Waals surface area contributed by atoms with E-state index in [0.29, 0.717) is 5.57 Å². The molecule has 1 aliphatic carbocycles. The minimum atomic E-state index is -1.08. The molecule has 0 spiro atoms. The fourth-order valence-electron chi connectivity index (χ4n) is 0.987. The first-order valence-corrected chi connectivity index (χ1v) is 4.22. The van der Waals surface area contributed by atoms with Crippen molar-refractivity contribution in [2.24, 2.45) is 0 Å². The maximum atomic E-state index is 11.2. The Hall–Kier alpha value is -1.62. The maximum Gasteiger partial charge on any atom is 0.356 e. The molecule has 0 radical (unpaired) electrons. The van der Waals surface area contributed by atoms with Crippen molar-refractivity contribution in [3.8, 4) is 0 Å². The van der Waals surface area contributed by atoms with Gasteiger partial charge >= 0.3 is 11.9 Å². The number of aliphatic carboxylic acids is 1. The molecule has 0 saturated heterocycles. The van der Waals surface area contributed by atoms with E-state index in [9.17, 15) is 9.59 Å². The summed E-state index contributed by atoms with van der Waals surface area (Å²) < 4.78 is 0. The number of rotatable bonds is 4. The summed E-state index contributed by atoms with van der Waals surface area (Å²) in [7, 11) is 0. The van der Waals surface area contributed by atoms with Crippen molar-refractivity contribution < 1.29 is 19.5 Å². The van der Waals surface area contributed by atoms with Crippen LogP contribution in [-0.4, -0.2) is 23.6 Å². The van der Waals surface area contributed by atoms with E-state index in [1.54, 1.807) is 12.2 Å². The molecule has 0 unspecified atom stereocenters. The van der Waals surface area contributed by atoms with E-state index < -0.39 is 18.5 Å². The number of allylic oxidation sites excluding steroid dienone is 2. The van der Waals surface area contributed by atoms with Gasteiger partial charge in [-0.15, -0.1) is 5.48 Å². The fourth-order valence-corrected chi connectivity index (χ4v) is 0.987. The number of hydrogen-bond donors (Lipinski definition) is 2. The highest BCUT2D eigenvalue weighted by molar-refractivity contribution is 5.91. The number of nitrogens with one attached hydrogen (secondary N) is 1. The minimum absolute atomic E-state index is 0.400. The van der Waals surface area contributed by atoms with Gasteiger partial charge in [0.1, 0.15) is 6.54 Å². The summed E-state index contributed by atoms with van der Waals surface area (Å²) in [6, 6.07) is 0. The molecule has 14 heavy (non-hydrogen) atoms. The lowest BCUT2D eigenvalue weighted by Gasteiger charge is -2.06. The van der Waals surface area contributed by atoms with Gasteiger partial charge in [0.15, 0.2) is 0 Å². The van der Waals surface area contributed by atoms with Gasteiger partial charge in [-0.05, 0) is 12.8 Å². The van der Waals surface area contributed by atoms with Crippen LogP contribution in [0.1, 0.15) is 12.8 Å². The molecule has 1 aliphatic rings. The van der Waals surface area contributed by atoms with Gasteiger partial charge in [0, 0.05) is 0 Å². The third-order valence-electron chi connectivity index (χ3n) is 1.62. The van der Waals surface area contributed by atoms with Crippen LogP contribution in [0.25, 0.3) is 0 Å². The second kappa shape index (κ2) is 5.18. The zero-order chi connectivity index (χ0) is 10.4. The first-order valence-electron chi connectivity index (χ1n) is 4.22. The molecule has 2 N–H and O–H groups in total. The molecular weight excluding hydrogens is 186 g/mol. The van der Waals surface area contributed by atoms with E-state index in [-0.39, 0.29) is 0 Å². The highest BCUT2D eigenvalue weighted by Crippen LogP contribution is 2.10. The van der Waals surface area contributed by atoms with E-state index in [4.69, 9.17) is 5.11 Å². The molecule has 5 heteroatoms. The van der Waals surface area contributed by atoms with Gasteiger partial charge < -0.3 is 9.94 Å². The van der Waals surface area contributed by atoms with Gasteiger partial charge in [-0.1, -0.05) is 18.2 Å². The lowest BCUT2D eigenvalue weighted by molar-refractivity contribution is -0.149. The average Bonchev–Trinajstić information content (AvgIpc) is 2.18. The van der Waals surface area contributed by atoms with Crippen LogP contribution in [-0.2, 0) is 14.4 Å². The monoisotopic (exact) mass is 197 g/mol. The summed E-state index contributed by atoms with van der Waals surface area (Å²) >= 11 is 0. The number of carbonyl (C=O) groups is 2. The molecule has 0 aliphatic heterocycles. The Kier molecular flexibility index (Phi) is 3.87. The number of carbonyl (C=O) groups excluding carboxylic acids is 1. The topological polar surface area (TPSA) is 75.6 Å². The summed E-state index contributed by atoms with van der Waals surface area (Å²) in [5.41, 5.74) is 2.51. The van der Waals surface area contributed by atoms with Crippen molar-refractivity contribution >= 4 is 11.9 Å². The van der Waals surface area contributed by atoms with E-state index in [0.717, 1.165) is 12.8 Å². The van der Waals surface area contributed by atoms with Crippen molar-refractivity contribution in [3.63, 3.8) is 0 Å². The van der Waals surface area contributed by atoms with Crippen molar-refractivity contribution in [2.75, 3.05) is 6.54 Å². The Bertz CT molecular complexity index is 293. The fraction of sp³-hybridized carbons (Fsp3) is 0.333. The van der Waals surface area contributed by atoms with Gasteiger partial charge in [0.05, 0.1) is 5.57 Å². The van der Waals surface area contributed by atoms with Crippen LogP contribution in [0.3, 0.4) is 0 Å². The molecule has 5 nitrogen and oxygen atoms in total. The Balaban J connectivity index is 2.31. The van der Waals surface area contributed by atoms with Gasteiger partial charge in [0.2, 0.25) is 0 Å². The summed E-state index contributed by atoms with van der Waals surface area (Å²) in [4.78, 5) is 25.8. The van der Waals surface area contributed by atoms with Gasteiger partial charge in [0.25, 0.3) is 0 Å². The summed E-state index contributed by atoms with van der Waals surface area (Å²) in [5.74, 6) is -1.63. The van der Waals surface area contributed by atoms with Gasteiger partial charge in [-0.2, -0.15) is 0 Å². The summed E-state index contributed by atoms with van der Waals surface area (Å²) in [6.45, 7) is -0.400. The number of hydrogen-bond acceptors (Lipinski definition) is 4. The zero-order valence-electron chi connectivity index (χ0n) is 7.53. The van der Waals surface area contributed by atoms with E-state index in [2.05, 4.69) is 10.3 Å². The lowest BCUT2D eigenvalue weighted by Crippen LogP contribution is -2.26. The largest absolute Gasteiger partial charge is 0.480 e. The minimum Gasteiger partial charge on any atom is -0.480 e. The predicted octanol–water partition coefficient (Wildman–Crippen LogP) is 0.395. The molecule has 0 aromatic heterocycles. The third kappa shape index (κ3) is 3.40. The van der Waals surface area contributed by atoms with E-state index in [1.165, 1.54) is 0 Å². The van der Waals surface area contributed by atoms with Crippen LogP contribution in [0.15, 0.2) is 23.8 Å². The smallest absolute Gasteiger partial charge is 0.356 e. The second-order valence-electron chi connectivity index (χ2n) is 2.74. The van der Waals surface area contributed by atoms with Crippen LogP contribution < -0.4 is 5.48 Å². The Morgan fingerprint density at radius 3 is 2.86 bits per heavy atom. The molecule has 0 saturated carbocycles. The standard InChI is InChI=1S/C9H11NO4/c11-8(12)6-10-14-9(13)7-4-2-1-3-5-7/h2,4-5,10H,1,3,6H2,(H,11,12). The van der Waals surface area contributed by atoms with Gasteiger partial charge in [-0.3, -0.25) is 4.79 Å². The van der Waals surface area contributed by atoms with Crippen LogP contribution in [0, 0.1) is 0 Å². The highest BCUT2D eigenvalue weighted by Gasteiger charge is 2.10. The maximum absolute atomic E-state index is 11.2. The molecular formula is C9H11NO4. The molecule has 0 bridgehead atoms. The summed E-state index contributed by atoms with van der Waals surface area (Å²) in [5, 5.41) is 8.25. The molecule has 0 amide bonds.